The summed E-state index contributed by atoms with van der Waals surface area (Å²) in [7, 11) is 0. The summed E-state index contributed by atoms with van der Waals surface area (Å²) in [4.78, 5) is 5.56. The van der Waals surface area contributed by atoms with Gasteiger partial charge in [0, 0.05) is 12.6 Å². The van der Waals surface area contributed by atoms with Crippen LogP contribution in [0.15, 0.2) is 12.1 Å². The van der Waals surface area contributed by atoms with Crippen LogP contribution in [0.4, 0.5) is 19.0 Å². The van der Waals surface area contributed by atoms with Gasteiger partial charge in [-0.1, -0.05) is 0 Å². The molecule has 0 amide bonds. The highest BCUT2D eigenvalue weighted by atomic mass is 19.4. The van der Waals surface area contributed by atoms with E-state index in [1.165, 1.54) is 6.07 Å². The van der Waals surface area contributed by atoms with E-state index in [-0.39, 0.29) is 23.3 Å². The van der Waals surface area contributed by atoms with Crippen molar-refractivity contribution in [3.8, 4) is 0 Å². The molecule has 1 fully saturated rings. The standard InChI is InChI=1S/C14H19F3N4/c1-8(2)21(7-9-3-4-9)13-10(12(18)19)5-6-11(20-13)14(15,16)17/h5-6,8-9H,3-4,7H2,1-2H3,(H3,18,19). The molecule has 0 radical (unpaired) electrons. The van der Waals surface area contributed by atoms with Crippen molar-refractivity contribution in [3.63, 3.8) is 0 Å². The molecule has 0 atom stereocenters. The fourth-order valence-corrected chi connectivity index (χ4v) is 2.16. The molecule has 3 N–H and O–H groups in total. The molecule has 7 heteroatoms. The second kappa shape index (κ2) is 5.54. The van der Waals surface area contributed by atoms with Gasteiger partial charge >= 0.3 is 6.18 Å². The van der Waals surface area contributed by atoms with Gasteiger partial charge in [0.05, 0.1) is 5.56 Å². The van der Waals surface area contributed by atoms with Crippen molar-refractivity contribution in [3.05, 3.63) is 23.4 Å². The number of pyridine rings is 1. The summed E-state index contributed by atoms with van der Waals surface area (Å²) in [6, 6.07) is 2.09. The van der Waals surface area contributed by atoms with Crippen LogP contribution in [0.25, 0.3) is 0 Å². The Bertz CT molecular complexity index is 536. The van der Waals surface area contributed by atoms with Gasteiger partial charge in [-0.25, -0.2) is 4.98 Å². The van der Waals surface area contributed by atoms with Gasteiger partial charge in [0.2, 0.25) is 0 Å². The minimum absolute atomic E-state index is 0.0142. The van der Waals surface area contributed by atoms with Gasteiger partial charge in [-0.05, 0) is 44.7 Å². The first-order valence-electron chi connectivity index (χ1n) is 6.89. The van der Waals surface area contributed by atoms with Crippen molar-refractivity contribution in [1.29, 1.82) is 5.41 Å². The van der Waals surface area contributed by atoms with Crippen molar-refractivity contribution in [2.75, 3.05) is 11.4 Å². The van der Waals surface area contributed by atoms with E-state index in [2.05, 4.69) is 4.98 Å². The molecule has 0 spiro atoms. The number of anilines is 1. The normalized spacial score (nSPS) is 15.3. The molecule has 4 nitrogen and oxygen atoms in total. The van der Waals surface area contributed by atoms with E-state index >= 15 is 0 Å². The molecule has 0 saturated heterocycles. The Labute approximate surface area is 121 Å². The Morgan fingerprint density at radius 1 is 1.43 bits per heavy atom. The van der Waals surface area contributed by atoms with Crippen LogP contribution < -0.4 is 10.6 Å². The summed E-state index contributed by atoms with van der Waals surface area (Å²) >= 11 is 0. The second-order valence-corrected chi connectivity index (χ2v) is 5.67. The van der Waals surface area contributed by atoms with Crippen molar-refractivity contribution < 1.29 is 13.2 Å². The molecular weight excluding hydrogens is 281 g/mol. The highest BCUT2D eigenvalue weighted by Gasteiger charge is 2.35. The number of halogens is 3. The number of nitrogens with zero attached hydrogens (tertiary/aromatic N) is 2. The Morgan fingerprint density at radius 2 is 2.05 bits per heavy atom. The predicted molar refractivity (Wildman–Crippen MR) is 75.5 cm³/mol. The quantitative estimate of drug-likeness (QED) is 0.649. The maximum Gasteiger partial charge on any atom is 0.433 e. The number of aromatic nitrogens is 1. The molecule has 1 aromatic heterocycles. The summed E-state index contributed by atoms with van der Waals surface area (Å²) < 4.78 is 38.6. The Balaban J connectivity index is 2.47. The largest absolute Gasteiger partial charge is 0.433 e. The Hall–Kier alpha value is -1.79. The van der Waals surface area contributed by atoms with Crippen LogP contribution in [0.5, 0.6) is 0 Å². The molecule has 21 heavy (non-hydrogen) atoms. The van der Waals surface area contributed by atoms with Gasteiger partial charge in [0.1, 0.15) is 17.3 Å². The van der Waals surface area contributed by atoms with E-state index in [4.69, 9.17) is 11.1 Å². The molecule has 1 aliphatic carbocycles. The molecular formula is C14H19F3N4. The molecule has 116 valence electrons. The molecule has 0 aliphatic heterocycles. The number of alkyl halides is 3. The van der Waals surface area contributed by atoms with Crippen molar-refractivity contribution in [2.45, 2.75) is 38.9 Å². The SMILES string of the molecule is CC(C)N(CC1CC1)c1nc(C(F)(F)F)ccc1C(=N)N. The van der Waals surface area contributed by atoms with Crippen LogP contribution in [0.3, 0.4) is 0 Å². The summed E-state index contributed by atoms with van der Waals surface area (Å²) in [5, 5.41) is 7.56. The smallest absolute Gasteiger partial charge is 0.384 e. The maximum atomic E-state index is 12.9. The third-order valence-corrected chi connectivity index (χ3v) is 3.50. The molecule has 1 saturated carbocycles. The zero-order chi connectivity index (χ0) is 15.8. The number of amidine groups is 1. The number of rotatable bonds is 5. The van der Waals surface area contributed by atoms with Crippen LogP contribution in [0.1, 0.15) is 37.9 Å². The zero-order valence-corrected chi connectivity index (χ0v) is 12.0. The molecule has 1 aromatic rings. The fourth-order valence-electron chi connectivity index (χ4n) is 2.16. The second-order valence-electron chi connectivity index (χ2n) is 5.67. The Morgan fingerprint density at radius 3 is 2.48 bits per heavy atom. The first-order chi connectivity index (χ1) is 9.70. The average Bonchev–Trinajstić information content (AvgIpc) is 3.17. The van der Waals surface area contributed by atoms with Crippen LogP contribution in [-0.2, 0) is 6.18 Å². The van der Waals surface area contributed by atoms with Crippen LogP contribution in [0, 0.1) is 11.3 Å². The number of nitrogens with two attached hydrogens (primary N) is 1. The third kappa shape index (κ3) is 3.65. The van der Waals surface area contributed by atoms with Crippen molar-refractivity contribution >= 4 is 11.7 Å². The molecule has 1 aliphatic rings. The van der Waals surface area contributed by atoms with E-state index in [1.54, 1.807) is 0 Å². The minimum Gasteiger partial charge on any atom is -0.384 e. The summed E-state index contributed by atoms with van der Waals surface area (Å²) in [6.45, 7) is 4.44. The average molecular weight is 300 g/mol. The molecule has 2 rings (SSSR count). The fraction of sp³-hybridized carbons (Fsp3) is 0.571. The number of nitrogens with one attached hydrogen (secondary N) is 1. The van der Waals surface area contributed by atoms with Gasteiger partial charge in [-0.15, -0.1) is 0 Å². The first kappa shape index (κ1) is 15.6. The van der Waals surface area contributed by atoms with Crippen LogP contribution >= 0.6 is 0 Å². The Kier molecular flexibility index (Phi) is 4.11. The van der Waals surface area contributed by atoms with Crippen LogP contribution in [0.2, 0.25) is 0 Å². The van der Waals surface area contributed by atoms with E-state index < -0.39 is 11.9 Å². The van der Waals surface area contributed by atoms with Crippen LogP contribution in [-0.4, -0.2) is 23.4 Å². The molecule has 0 unspecified atom stereocenters. The number of nitrogen functional groups attached to an aromatic ring is 1. The monoisotopic (exact) mass is 300 g/mol. The van der Waals surface area contributed by atoms with E-state index in [0.29, 0.717) is 12.5 Å². The zero-order valence-electron chi connectivity index (χ0n) is 12.0. The van der Waals surface area contributed by atoms with Gasteiger partial charge in [0.15, 0.2) is 0 Å². The summed E-state index contributed by atoms with van der Waals surface area (Å²) in [5.74, 6) is 0.371. The lowest BCUT2D eigenvalue weighted by Gasteiger charge is -2.30. The van der Waals surface area contributed by atoms with Gasteiger partial charge in [-0.3, -0.25) is 5.41 Å². The highest BCUT2D eigenvalue weighted by Crippen LogP contribution is 2.35. The van der Waals surface area contributed by atoms with Gasteiger partial charge < -0.3 is 10.6 Å². The lowest BCUT2D eigenvalue weighted by atomic mass is 10.1. The number of hydrogen-bond donors (Lipinski definition) is 2. The maximum absolute atomic E-state index is 12.9. The lowest BCUT2D eigenvalue weighted by molar-refractivity contribution is -0.141. The first-order valence-corrected chi connectivity index (χ1v) is 6.89. The highest BCUT2D eigenvalue weighted by molar-refractivity contribution is 5.99. The third-order valence-electron chi connectivity index (χ3n) is 3.50. The van der Waals surface area contributed by atoms with Gasteiger partial charge in [-0.2, -0.15) is 13.2 Å². The van der Waals surface area contributed by atoms with E-state index in [9.17, 15) is 13.2 Å². The van der Waals surface area contributed by atoms with Crippen molar-refractivity contribution in [2.24, 2.45) is 11.7 Å². The molecule has 0 bridgehead atoms. The topological polar surface area (TPSA) is 66.0 Å². The lowest BCUT2D eigenvalue weighted by Crippen LogP contribution is -2.36. The molecule has 0 aromatic carbocycles. The predicted octanol–water partition coefficient (Wildman–Crippen LogP) is 3.01. The summed E-state index contributed by atoms with van der Waals surface area (Å²) in [6.07, 6.45) is -2.35. The van der Waals surface area contributed by atoms with Gasteiger partial charge in [0.25, 0.3) is 0 Å². The molecule has 1 heterocycles. The van der Waals surface area contributed by atoms with E-state index in [0.717, 1.165) is 18.9 Å². The summed E-state index contributed by atoms with van der Waals surface area (Å²) in [5.41, 5.74) is 4.79. The minimum atomic E-state index is -4.51. The van der Waals surface area contributed by atoms with Crippen molar-refractivity contribution in [1.82, 2.24) is 4.98 Å². The van der Waals surface area contributed by atoms with E-state index in [1.807, 2.05) is 18.7 Å². The number of hydrogen-bond acceptors (Lipinski definition) is 3.